The molecule has 1 aliphatic carbocycles. The second-order valence-corrected chi connectivity index (χ2v) is 24.0. The number of carbonyl (C=O) groups is 2. The third-order valence-electron chi connectivity index (χ3n) is 12.0. The van der Waals surface area contributed by atoms with Crippen LogP contribution in [0, 0.1) is 0 Å². The molecule has 0 unspecified atom stereocenters. The Kier molecular flexibility index (Phi) is 16.0. The van der Waals surface area contributed by atoms with Crippen LogP contribution >= 0.6 is 0 Å². The molecule has 65 heavy (non-hydrogen) atoms. The summed E-state index contributed by atoms with van der Waals surface area (Å²) in [6, 6.07) is 30.6. The molecular weight excluding hydrogens is 837 g/mol. The van der Waals surface area contributed by atoms with E-state index in [1.54, 1.807) is 12.1 Å². The number of phenolic OH excluding ortho intramolecular Hbond substituents is 1. The Morgan fingerprint density at radius 1 is 0.877 bits per heavy atom. The van der Waals surface area contributed by atoms with Crippen molar-refractivity contribution in [3.05, 3.63) is 130 Å². The number of phenols is 1. The van der Waals surface area contributed by atoms with Gasteiger partial charge in [-0.2, -0.15) is 0 Å². The predicted molar refractivity (Wildman–Crippen MR) is 262 cm³/mol. The van der Waals surface area contributed by atoms with Gasteiger partial charge in [-0.25, -0.2) is 9.59 Å². The van der Waals surface area contributed by atoms with Gasteiger partial charge >= 0.3 is 12.2 Å². The van der Waals surface area contributed by atoms with E-state index in [0.29, 0.717) is 63.0 Å². The summed E-state index contributed by atoms with van der Waals surface area (Å²) in [7, 11) is -2.20. The molecule has 0 radical (unpaired) electrons. The van der Waals surface area contributed by atoms with Gasteiger partial charge in [-0.3, -0.25) is 10.1 Å². The van der Waals surface area contributed by atoms with Gasteiger partial charge in [0.05, 0.1) is 23.9 Å². The van der Waals surface area contributed by atoms with E-state index in [1.807, 2.05) is 81.4 Å². The van der Waals surface area contributed by atoms with Crippen LogP contribution in [0.4, 0.5) is 15.3 Å². The monoisotopic (exact) mass is 902 g/mol. The fourth-order valence-electron chi connectivity index (χ4n) is 7.52. The molecule has 0 bridgehead atoms. The van der Waals surface area contributed by atoms with Gasteiger partial charge < -0.3 is 39.4 Å². The van der Waals surface area contributed by atoms with Crippen molar-refractivity contribution in [1.82, 2.24) is 15.6 Å². The summed E-state index contributed by atoms with van der Waals surface area (Å²) in [5.41, 5.74) is 5.09. The number of amides is 2. The van der Waals surface area contributed by atoms with Crippen molar-refractivity contribution >= 4 is 43.2 Å². The van der Waals surface area contributed by atoms with E-state index in [1.165, 1.54) is 6.07 Å². The molecule has 1 aliphatic rings. The first-order chi connectivity index (χ1) is 30.8. The smallest absolute Gasteiger partial charge is 0.411 e. The third kappa shape index (κ3) is 14.0. The Hall–Kier alpha value is -5.89. The number of aromatic nitrogens is 1. The quantitative estimate of drug-likeness (QED) is 0.0480. The van der Waals surface area contributed by atoms with Gasteiger partial charge in [0.1, 0.15) is 23.2 Å². The lowest BCUT2D eigenvalue weighted by Gasteiger charge is -2.39. The molecule has 5 aromatic rings. The van der Waals surface area contributed by atoms with Crippen LogP contribution in [0.25, 0.3) is 28.1 Å². The Balaban J connectivity index is 0.993. The molecule has 6 rings (SSSR count). The molecule has 1 aromatic heterocycles. The average molecular weight is 903 g/mol. The summed E-state index contributed by atoms with van der Waals surface area (Å²) in [5.74, 6) is 0.811. The maximum atomic E-state index is 13.1. The number of hydrogen-bond donors (Lipinski definition) is 5. The molecular formula is C52H66N4O8Si. The number of benzene rings is 4. The molecule has 1 heterocycles. The SMILES string of the molecule is CC(C)(C)OC(=O)N[C@H]1CC[C@H](OC(=O)Nc2ccc(C=CCCOc3ccc(CNC[C@H](O[Si](C)(C)C(C)(C)C)c4ccc(O)c5[nH]c(=O)ccc45)cc3)cc2-c2ccccc2)CC1. The number of fused-ring (bicyclic) bond motifs is 1. The summed E-state index contributed by atoms with van der Waals surface area (Å²) < 4.78 is 24.2. The molecule has 0 aliphatic heterocycles. The summed E-state index contributed by atoms with van der Waals surface area (Å²) in [6.45, 7) is 18.2. The van der Waals surface area contributed by atoms with Crippen LogP contribution in [-0.2, 0) is 20.4 Å². The molecule has 4 aromatic carbocycles. The average Bonchev–Trinajstić information content (AvgIpc) is 3.24. The number of ether oxygens (including phenoxy) is 3. The van der Waals surface area contributed by atoms with E-state index < -0.39 is 26.1 Å². The van der Waals surface area contributed by atoms with Gasteiger partial charge in [0.25, 0.3) is 0 Å². The highest BCUT2D eigenvalue weighted by Gasteiger charge is 2.40. The van der Waals surface area contributed by atoms with Crippen molar-refractivity contribution in [1.29, 1.82) is 0 Å². The number of aromatic amines is 1. The first-order valence-corrected chi connectivity index (χ1v) is 25.5. The highest BCUT2D eigenvalue weighted by atomic mass is 28.4. The van der Waals surface area contributed by atoms with Gasteiger partial charge in [0, 0.05) is 36.1 Å². The van der Waals surface area contributed by atoms with Crippen LogP contribution in [0.15, 0.2) is 108 Å². The van der Waals surface area contributed by atoms with Gasteiger partial charge in [-0.1, -0.05) is 87.5 Å². The number of anilines is 1. The summed E-state index contributed by atoms with van der Waals surface area (Å²) in [6.07, 6.45) is 6.07. The normalized spacial score (nSPS) is 16.2. The lowest BCUT2D eigenvalue weighted by atomic mass is 9.93. The molecule has 1 saturated carbocycles. The second-order valence-electron chi connectivity index (χ2n) is 19.3. The maximum Gasteiger partial charge on any atom is 0.411 e. The Labute approximate surface area is 384 Å². The number of pyridine rings is 1. The Morgan fingerprint density at radius 3 is 2.29 bits per heavy atom. The van der Waals surface area contributed by atoms with Crippen LogP contribution < -0.4 is 26.2 Å². The molecule has 0 spiro atoms. The number of hydrogen-bond acceptors (Lipinski definition) is 9. The van der Waals surface area contributed by atoms with E-state index >= 15 is 0 Å². The Bertz CT molecular complexity index is 2470. The summed E-state index contributed by atoms with van der Waals surface area (Å²) in [4.78, 5) is 40.2. The molecule has 2 amide bonds. The second kappa shape index (κ2) is 21.4. The maximum absolute atomic E-state index is 13.1. The van der Waals surface area contributed by atoms with Crippen molar-refractivity contribution in [2.45, 2.75) is 122 Å². The minimum Gasteiger partial charge on any atom is -0.506 e. The molecule has 1 atom stereocenters. The molecule has 5 N–H and O–H groups in total. The van der Waals surface area contributed by atoms with Crippen molar-refractivity contribution < 1.29 is 33.3 Å². The van der Waals surface area contributed by atoms with E-state index in [4.69, 9.17) is 18.6 Å². The lowest BCUT2D eigenvalue weighted by Crippen LogP contribution is -2.43. The topological polar surface area (TPSA) is 160 Å². The van der Waals surface area contributed by atoms with Crippen LogP contribution in [0.5, 0.6) is 11.5 Å². The zero-order chi connectivity index (χ0) is 46.8. The minimum atomic E-state index is -2.20. The molecule has 1 fully saturated rings. The zero-order valence-corrected chi connectivity index (χ0v) is 40.1. The highest BCUT2D eigenvalue weighted by Crippen LogP contribution is 2.41. The largest absolute Gasteiger partial charge is 0.506 e. The standard InChI is InChI=1S/C52H66N4O8Si/c1-51(2,3)63-50(60)54-38-20-24-40(25-21-38)62-49(59)55-44-28-19-35(32-43(44)37-15-10-9-11-16-37)14-12-13-31-61-39-22-17-36(18-23-39)33-53-34-46(64-65(7,8)52(4,5)6)41-26-29-45(57)48-42(41)27-30-47(58)56-48/h9-12,14-19,22-23,26-30,32,38,40,46,53,57H,13,20-21,24-25,31,33-34H2,1-8H3,(H,54,60)(H,55,59)(H,56,58)/t38-,40-,46-/m0/s1. The highest BCUT2D eigenvalue weighted by molar-refractivity contribution is 6.74. The summed E-state index contributed by atoms with van der Waals surface area (Å²) in [5, 5.41) is 20.8. The van der Waals surface area contributed by atoms with Crippen molar-refractivity contribution in [2.75, 3.05) is 18.5 Å². The first-order valence-electron chi connectivity index (χ1n) is 22.6. The van der Waals surface area contributed by atoms with Crippen LogP contribution in [0.3, 0.4) is 0 Å². The van der Waals surface area contributed by atoms with Gasteiger partial charge in [-0.15, -0.1) is 0 Å². The van der Waals surface area contributed by atoms with Crippen LogP contribution in [0.2, 0.25) is 18.1 Å². The van der Waals surface area contributed by atoms with Gasteiger partial charge in [-0.05, 0) is 130 Å². The molecule has 346 valence electrons. The molecule has 12 nitrogen and oxygen atoms in total. The minimum absolute atomic E-state index is 0.0117. The molecule has 13 heteroatoms. The van der Waals surface area contributed by atoms with Crippen LogP contribution in [-0.4, -0.2) is 61.5 Å². The number of aromatic hydroxyl groups is 1. The van der Waals surface area contributed by atoms with Crippen LogP contribution in [0.1, 0.15) is 96.4 Å². The Morgan fingerprint density at radius 2 is 1.60 bits per heavy atom. The van der Waals surface area contributed by atoms with Crippen molar-refractivity contribution in [2.24, 2.45) is 0 Å². The number of rotatable bonds is 16. The lowest BCUT2D eigenvalue weighted by molar-refractivity contribution is 0.0440. The van der Waals surface area contributed by atoms with E-state index in [2.05, 4.69) is 85.2 Å². The van der Waals surface area contributed by atoms with Gasteiger partial charge in [0.2, 0.25) is 5.56 Å². The van der Waals surface area contributed by atoms with E-state index in [0.717, 1.165) is 39.0 Å². The number of H-pyrrole nitrogens is 1. The van der Waals surface area contributed by atoms with E-state index in [-0.39, 0.29) is 34.6 Å². The number of carbonyl (C=O) groups excluding carboxylic acids is 2. The predicted octanol–water partition coefficient (Wildman–Crippen LogP) is 11.6. The fourth-order valence-corrected chi connectivity index (χ4v) is 8.80. The van der Waals surface area contributed by atoms with Crippen molar-refractivity contribution in [3.63, 3.8) is 0 Å². The third-order valence-corrected chi connectivity index (χ3v) is 16.5. The summed E-state index contributed by atoms with van der Waals surface area (Å²) >= 11 is 0. The first kappa shape index (κ1) is 48.6. The zero-order valence-electron chi connectivity index (χ0n) is 39.1. The van der Waals surface area contributed by atoms with Crippen molar-refractivity contribution in [3.8, 4) is 22.6 Å². The van der Waals surface area contributed by atoms with Gasteiger partial charge in [0.15, 0.2) is 8.32 Å². The molecule has 0 saturated heterocycles. The fraction of sp³-hybridized carbons (Fsp3) is 0.404. The number of alkyl carbamates (subject to hydrolysis) is 1. The van der Waals surface area contributed by atoms with E-state index in [9.17, 15) is 19.5 Å². The number of nitrogens with one attached hydrogen (secondary N) is 4.